The van der Waals surface area contributed by atoms with Gasteiger partial charge in [0.2, 0.25) is 0 Å². The number of fused-ring (bicyclic) bond motifs is 2. The highest BCUT2D eigenvalue weighted by molar-refractivity contribution is 7.92. The van der Waals surface area contributed by atoms with Crippen LogP contribution in [-0.2, 0) is 9.84 Å². The molecule has 3 unspecified atom stereocenters. The molecule has 1 amide bonds. The molecule has 0 spiro atoms. The number of nitrogens with zero attached hydrogens (tertiary/aromatic N) is 1. The Bertz CT molecular complexity index is 1520. The Morgan fingerprint density at radius 3 is 2.38 bits per heavy atom. The van der Waals surface area contributed by atoms with Gasteiger partial charge in [0.05, 0.1) is 20.9 Å². The predicted octanol–water partition coefficient (Wildman–Crippen LogP) is 5.00. The second-order valence-electron chi connectivity index (χ2n) is 10.4. The molecule has 39 heavy (non-hydrogen) atoms. The molecule has 0 radical (unpaired) electrons. The minimum Gasteiger partial charge on any atom is -0.386 e. The summed E-state index contributed by atoms with van der Waals surface area (Å²) in [4.78, 5) is 16.8. The number of benzene rings is 2. The SMILES string of the molecule is Cc1ccc(C(O)C2(O)[C@@H]3CC[C@H]2CC(S(=O)(=O)c2cc(C(=O)Nc4ccc(F)c(F)c4)ccc2Cl)C3)nc1. The number of nitrogens with one attached hydrogen (secondary N) is 1. The maximum atomic E-state index is 13.8. The van der Waals surface area contributed by atoms with Crippen LogP contribution < -0.4 is 5.32 Å². The molecule has 2 saturated carbocycles. The fourth-order valence-corrected chi connectivity index (χ4v) is 8.34. The zero-order valence-electron chi connectivity index (χ0n) is 20.9. The Morgan fingerprint density at radius 2 is 1.77 bits per heavy atom. The van der Waals surface area contributed by atoms with E-state index in [4.69, 9.17) is 11.6 Å². The van der Waals surface area contributed by atoms with Gasteiger partial charge in [-0.25, -0.2) is 17.2 Å². The minimum atomic E-state index is -4.04. The summed E-state index contributed by atoms with van der Waals surface area (Å²) in [5.41, 5.74) is -0.288. The Morgan fingerprint density at radius 1 is 1.08 bits per heavy atom. The lowest BCUT2D eigenvalue weighted by Gasteiger charge is -2.45. The topological polar surface area (TPSA) is 117 Å². The number of hydrogen-bond donors (Lipinski definition) is 3. The Balaban J connectivity index is 1.38. The smallest absolute Gasteiger partial charge is 0.255 e. The van der Waals surface area contributed by atoms with Crippen molar-refractivity contribution in [1.29, 1.82) is 0 Å². The fourth-order valence-electron chi connectivity index (χ4n) is 5.94. The third kappa shape index (κ3) is 4.95. The lowest BCUT2D eigenvalue weighted by molar-refractivity contribution is -0.145. The molecule has 5 atom stereocenters. The first-order valence-electron chi connectivity index (χ1n) is 12.5. The van der Waals surface area contributed by atoms with Gasteiger partial charge in [0, 0.05) is 23.5 Å². The van der Waals surface area contributed by atoms with Crippen LogP contribution in [0.4, 0.5) is 14.5 Å². The first kappa shape index (κ1) is 27.6. The summed E-state index contributed by atoms with van der Waals surface area (Å²) in [6.45, 7) is 1.87. The number of carbonyl (C=O) groups is 1. The van der Waals surface area contributed by atoms with E-state index >= 15 is 0 Å². The van der Waals surface area contributed by atoms with E-state index in [1.807, 2.05) is 6.92 Å². The number of hydrogen-bond acceptors (Lipinski definition) is 6. The molecule has 1 aromatic heterocycles. The number of aliphatic hydroxyl groups is 2. The number of aryl methyl sites for hydroxylation is 1. The molecule has 2 aromatic carbocycles. The van der Waals surface area contributed by atoms with Crippen molar-refractivity contribution < 1.29 is 32.2 Å². The van der Waals surface area contributed by atoms with Crippen LogP contribution in [0.3, 0.4) is 0 Å². The highest BCUT2D eigenvalue weighted by Crippen LogP contribution is 2.56. The summed E-state index contributed by atoms with van der Waals surface area (Å²) in [5.74, 6) is -3.88. The summed E-state index contributed by atoms with van der Waals surface area (Å²) in [7, 11) is -4.04. The van der Waals surface area contributed by atoms with Crippen molar-refractivity contribution >= 4 is 33.0 Å². The maximum Gasteiger partial charge on any atom is 0.255 e. The zero-order chi connectivity index (χ0) is 28.1. The second kappa shape index (κ2) is 10.2. The molecule has 3 aromatic rings. The van der Waals surface area contributed by atoms with Gasteiger partial charge in [0.1, 0.15) is 11.7 Å². The molecule has 0 saturated heterocycles. The van der Waals surface area contributed by atoms with E-state index in [-0.39, 0.29) is 34.0 Å². The van der Waals surface area contributed by atoms with Crippen molar-refractivity contribution in [3.63, 3.8) is 0 Å². The number of amides is 1. The van der Waals surface area contributed by atoms with Crippen LogP contribution >= 0.6 is 11.6 Å². The molecule has 2 aliphatic rings. The average Bonchev–Trinajstić information content (AvgIpc) is 3.06. The number of aromatic nitrogens is 1. The summed E-state index contributed by atoms with van der Waals surface area (Å²) in [5, 5.41) is 24.2. The largest absolute Gasteiger partial charge is 0.386 e. The summed E-state index contributed by atoms with van der Waals surface area (Å²) in [6, 6.07) is 10.1. The van der Waals surface area contributed by atoms with E-state index < -0.39 is 56.2 Å². The molecule has 11 heteroatoms. The molecule has 0 aliphatic heterocycles. The van der Waals surface area contributed by atoms with Crippen molar-refractivity contribution in [3.05, 3.63) is 88.2 Å². The van der Waals surface area contributed by atoms with Gasteiger partial charge in [0.25, 0.3) is 5.91 Å². The van der Waals surface area contributed by atoms with Crippen molar-refractivity contribution in [2.24, 2.45) is 11.8 Å². The van der Waals surface area contributed by atoms with Gasteiger partial charge in [-0.2, -0.15) is 0 Å². The van der Waals surface area contributed by atoms with Gasteiger partial charge < -0.3 is 15.5 Å². The van der Waals surface area contributed by atoms with E-state index in [1.165, 1.54) is 24.3 Å². The fraction of sp³-hybridized carbons (Fsp3) is 0.357. The molecule has 2 aliphatic carbocycles. The molecule has 5 rings (SSSR count). The second-order valence-corrected chi connectivity index (χ2v) is 13.0. The van der Waals surface area contributed by atoms with Gasteiger partial charge in [-0.1, -0.05) is 17.7 Å². The third-order valence-corrected chi connectivity index (χ3v) is 10.7. The highest BCUT2D eigenvalue weighted by Gasteiger charge is 2.59. The number of sulfone groups is 1. The number of carbonyl (C=O) groups excluding carboxylic acids is 1. The standard InChI is InChI=1S/C28H27ClF2N2O5S/c1-15-2-9-24(32-14-15)26(34)28(36)17-4-5-18(28)12-20(11-17)39(37,38)25-10-16(3-7-21(25)29)27(35)33-19-6-8-22(30)23(31)13-19/h2-3,6-10,13-14,17-18,20,26,34,36H,4-5,11-12H2,1H3,(H,33,35)/t17-,18+,20?,26?,28?. The van der Waals surface area contributed by atoms with Crippen molar-refractivity contribution in [2.45, 2.75) is 54.5 Å². The zero-order valence-corrected chi connectivity index (χ0v) is 22.5. The van der Waals surface area contributed by atoms with Crippen molar-refractivity contribution in [3.8, 4) is 0 Å². The molecular weight excluding hydrogens is 550 g/mol. The van der Waals surface area contributed by atoms with Crippen molar-refractivity contribution in [1.82, 2.24) is 4.98 Å². The van der Waals surface area contributed by atoms with Gasteiger partial charge in [-0.3, -0.25) is 9.78 Å². The minimum absolute atomic E-state index is 0.00280. The Labute approximate surface area is 229 Å². The van der Waals surface area contributed by atoms with Gasteiger partial charge >= 0.3 is 0 Å². The monoisotopic (exact) mass is 576 g/mol. The van der Waals surface area contributed by atoms with Crippen LogP contribution in [-0.4, -0.2) is 40.4 Å². The van der Waals surface area contributed by atoms with E-state index in [2.05, 4.69) is 10.3 Å². The third-order valence-electron chi connectivity index (χ3n) is 8.04. The molecule has 3 N–H and O–H groups in total. The average molecular weight is 577 g/mol. The molecule has 206 valence electrons. The number of anilines is 1. The van der Waals surface area contributed by atoms with Crippen LogP contribution in [0.2, 0.25) is 5.02 Å². The van der Waals surface area contributed by atoms with Crippen LogP contribution in [0.15, 0.2) is 59.6 Å². The van der Waals surface area contributed by atoms with Gasteiger partial charge in [-0.05, 0) is 86.4 Å². The molecule has 2 fully saturated rings. The van der Waals surface area contributed by atoms with Crippen LogP contribution in [0.1, 0.15) is 53.4 Å². The van der Waals surface area contributed by atoms with Crippen molar-refractivity contribution in [2.75, 3.05) is 5.32 Å². The number of halogens is 3. The van der Waals surface area contributed by atoms with Gasteiger partial charge in [0.15, 0.2) is 21.5 Å². The number of aliphatic hydroxyl groups excluding tert-OH is 1. The van der Waals surface area contributed by atoms with Crippen LogP contribution in [0.25, 0.3) is 0 Å². The predicted molar refractivity (Wildman–Crippen MR) is 141 cm³/mol. The van der Waals surface area contributed by atoms with E-state index in [0.717, 1.165) is 17.7 Å². The summed E-state index contributed by atoms with van der Waals surface area (Å²) < 4.78 is 54.3. The van der Waals surface area contributed by atoms with Gasteiger partial charge in [-0.15, -0.1) is 0 Å². The first-order chi connectivity index (χ1) is 18.4. The van der Waals surface area contributed by atoms with E-state index in [0.29, 0.717) is 18.5 Å². The molecule has 2 bridgehead atoms. The Kier molecular flexibility index (Phi) is 7.26. The number of rotatable bonds is 6. The molecular formula is C28H27ClF2N2O5S. The maximum absolute atomic E-state index is 13.8. The Hall–Kier alpha value is -2.92. The normalized spacial score (nSPS) is 25.3. The molecule has 7 nitrogen and oxygen atoms in total. The van der Waals surface area contributed by atoms with E-state index in [9.17, 15) is 32.2 Å². The van der Waals surface area contributed by atoms with Crippen LogP contribution in [0, 0.1) is 30.4 Å². The molecule has 1 heterocycles. The highest BCUT2D eigenvalue weighted by atomic mass is 35.5. The quantitative estimate of drug-likeness (QED) is 0.380. The number of pyridine rings is 1. The lowest BCUT2D eigenvalue weighted by atomic mass is 9.70. The summed E-state index contributed by atoms with van der Waals surface area (Å²) >= 11 is 6.29. The lowest BCUT2D eigenvalue weighted by Crippen LogP contribution is -2.52. The van der Waals surface area contributed by atoms with Crippen LogP contribution in [0.5, 0.6) is 0 Å². The first-order valence-corrected chi connectivity index (χ1v) is 14.5. The van der Waals surface area contributed by atoms with E-state index in [1.54, 1.807) is 18.3 Å². The summed E-state index contributed by atoms with van der Waals surface area (Å²) in [6.07, 6.45) is 1.68.